The molecule has 1 aliphatic rings. The summed E-state index contributed by atoms with van der Waals surface area (Å²) in [6.45, 7) is 8.03. The van der Waals surface area contributed by atoms with Gasteiger partial charge in [0.1, 0.15) is 6.17 Å². The Morgan fingerprint density at radius 3 is 2.59 bits per heavy atom. The molecule has 1 heterocycles. The molecule has 0 atom stereocenters. The molecule has 0 spiro atoms. The van der Waals surface area contributed by atoms with Gasteiger partial charge in [-0.25, -0.2) is 4.39 Å². The highest BCUT2D eigenvalue weighted by atomic mass is 19.1. The van der Waals surface area contributed by atoms with Crippen molar-refractivity contribution in [1.82, 2.24) is 4.90 Å². The fraction of sp³-hybridized carbons (Fsp3) is 0.385. The van der Waals surface area contributed by atoms with E-state index in [0.29, 0.717) is 30.8 Å². The fourth-order valence-electron chi connectivity index (χ4n) is 1.52. The van der Waals surface area contributed by atoms with E-state index in [2.05, 4.69) is 11.6 Å². The summed E-state index contributed by atoms with van der Waals surface area (Å²) in [5.41, 5.74) is 1.91. The second-order valence-corrected chi connectivity index (χ2v) is 3.86. The third-order valence-electron chi connectivity index (χ3n) is 2.49. The Labute approximate surface area is 101 Å². The minimum atomic E-state index is -0.753. The Kier molecular flexibility index (Phi) is 4.82. The van der Waals surface area contributed by atoms with Gasteiger partial charge in [-0.3, -0.25) is 9.79 Å². The SMILES string of the molecule is C=C\C(=C/C(C)=N\C(C=O)=C/C)N1CC(F)C1. The van der Waals surface area contributed by atoms with Crippen LogP contribution in [0.15, 0.2) is 41.2 Å². The van der Waals surface area contributed by atoms with Gasteiger partial charge in [-0.2, -0.15) is 0 Å². The smallest absolute Gasteiger partial charge is 0.168 e. The minimum Gasteiger partial charge on any atom is -0.366 e. The fourth-order valence-corrected chi connectivity index (χ4v) is 1.52. The van der Waals surface area contributed by atoms with Crippen LogP contribution in [0.4, 0.5) is 4.39 Å². The predicted octanol–water partition coefficient (Wildman–Crippen LogP) is 2.27. The van der Waals surface area contributed by atoms with E-state index in [9.17, 15) is 9.18 Å². The number of nitrogens with zero attached hydrogens (tertiary/aromatic N) is 2. The number of carbonyl (C=O) groups excluding carboxylic acids is 1. The highest BCUT2D eigenvalue weighted by molar-refractivity contribution is 5.96. The molecule has 0 bridgehead atoms. The number of alkyl halides is 1. The second-order valence-electron chi connectivity index (χ2n) is 3.86. The van der Waals surface area contributed by atoms with Crippen LogP contribution < -0.4 is 0 Å². The van der Waals surface area contributed by atoms with Crippen molar-refractivity contribution >= 4 is 12.0 Å². The van der Waals surface area contributed by atoms with E-state index in [-0.39, 0.29) is 0 Å². The van der Waals surface area contributed by atoms with Gasteiger partial charge in [0.25, 0.3) is 0 Å². The zero-order valence-corrected chi connectivity index (χ0v) is 10.2. The van der Waals surface area contributed by atoms with Crippen molar-refractivity contribution in [3.63, 3.8) is 0 Å². The molecule has 4 heteroatoms. The van der Waals surface area contributed by atoms with Crippen LogP contribution in [0.5, 0.6) is 0 Å². The number of allylic oxidation sites excluding steroid dienone is 4. The normalized spacial score (nSPS) is 19.0. The second kappa shape index (κ2) is 6.13. The monoisotopic (exact) mass is 236 g/mol. The Morgan fingerprint density at radius 1 is 1.53 bits per heavy atom. The maximum Gasteiger partial charge on any atom is 0.168 e. The predicted molar refractivity (Wildman–Crippen MR) is 67.7 cm³/mol. The first-order valence-electron chi connectivity index (χ1n) is 5.50. The van der Waals surface area contributed by atoms with Gasteiger partial charge in [-0.05, 0) is 26.0 Å². The first-order valence-corrected chi connectivity index (χ1v) is 5.50. The van der Waals surface area contributed by atoms with Crippen molar-refractivity contribution < 1.29 is 9.18 Å². The van der Waals surface area contributed by atoms with Gasteiger partial charge >= 0.3 is 0 Å². The van der Waals surface area contributed by atoms with Gasteiger partial charge in [0.15, 0.2) is 6.29 Å². The van der Waals surface area contributed by atoms with Crippen LogP contribution >= 0.6 is 0 Å². The van der Waals surface area contributed by atoms with E-state index in [1.54, 1.807) is 32.1 Å². The summed E-state index contributed by atoms with van der Waals surface area (Å²) in [5, 5.41) is 0. The lowest BCUT2D eigenvalue weighted by Gasteiger charge is -2.37. The van der Waals surface area contributed by atoms with Crippen molar-refractivity contribution in [2.24, 2.45) is 4.99 Å². The van der Waals surface area contributed by atoms with Crippen LogP contribution in [0.3, 0.4) is 0 Å². The molecule has 0 N–H and O–H groups in total. The highest BCUT2D eigenvalue weighted by Crippen LogP contribution is 2.18. The van der Waals surface area contributed by atoms with Gasteiger partial charge in [-0.15, -0.1) is 0 Å². The zero-order chi connectivity index (χ0) is 12.8. The first-order chi connectivity index (χ1) is 8.10. The van der Waals surface area contributed by atoms with Gasteiger partial charge in [0.05, 0.1) is 18.8 Å². The van der Waals surface area contributed by atoms with Crippen LogP contribution in [-0.2, 0) is 4.79 Å². The van der Waals surface area contributed by atoms with Crippen molar-refractivity contribution in [1.29, 1.82) is 0 Å². The summed E-state index contributed by atoms with van der Waals surface area (Å²) in [6, 6.07) is 0. The average molecular weight is 236 g/mol. The summed E-state index contributed by atoms with van der Waals surface area (Å²) in [4.78, 5) is 16.6. The van der Waals surface area contributed by atoms with Crippen molar-refractivity contribution in [2.75, 3.05) is 13.1 Å². The molecule has 0 saturated carbocycles. The Bertz CT molecular complexity index is 390. The molecule has 0 unspecified atom stereocenters. The number of rotatable bonds is 5. The molecule has 0 aromatic rings. The lowest BCUT2D eigenvalue weighted by atomic mass is 10.1. The third-order valence-corrected chi connectivity index (χ3v) is 2.49. The maximum absolute atomic E-state index is 12.7. The molecule has 1 fully saturated rings. The standard InChI is InChI=1S/C13H17FN2O/c1-4-12(9-17)15-10(3)6-13(5-2)16-7-11(14)8-16/h4-6,9,11H,2,7-8H2,1,3H3/b12-4-,13-6+,15-10-. The van der Waals surface area contributed by atoms with E-state index < -0.39 is 6.17 Å². The van der Waals surface area contributed by atoms with Gasteiger partial charge in [0, 0.05) is 11.4 Å². The van der Waals surface area contributed by atoms with Crippen LogP contribution in [0.25, 0.3) is 0 Å². The lowest BCUT2D eigenvalue weighted by Crippen LogP contribution is -2.47. The number of hydrogen-bond acceptors (Lipinski definition) is 3. The molecule has 1 rings (SSSR count). The van der Waals surface area contributed by atoms with E-state index in [0.717, 1.165) is 5.70 Å². The molecular formula is C13H17FN2O. The van der Waals surface area contributed by atoms with Gasteiger partial charge in [0.2, 0.25) is 0 Å². The van der Waals surface area contributed by atoms with Crippen LogP contribution in [0.1, 0.15) is 13.8 Å². The van der Waals surface area contributed by atoms with E-state index in [4.69, 9.17) is 0 Å². The van der Waals surface area contributed by atoms with Crippen LogP contribution in [0.2, 0.25) is 0 Å². The average Bonchev–Trinajstić information content (AvgIpc) is 2.29. The van der Waals surface area contributed by atoms with E-state index in [1.807, 2.05) is 4.90 Å². The largest absolute Gasteiger partial charge is 0.366 e. The zero-order valence-electron chi connectivity index (χ0n) is 10.2. The summed E-state index contributed by atoms with van der Waals surface area (Å²) < 4.78 is 12.7. The maximum atomic E-state index is 12.7. The molecule has 0 amide bonds. The quantitative estimate of drug-likeness (QED) is 0.317. The molecule has 1 aliphatic heterocycles. The number of hydrogen-bond donors (Lipinski definition) is 0. The van der Waals surface area contributed by atoms with Gasteiger partial charge in [-0.1, -0.05) is 12.7 Å². The molecular weight excluding hydrogens is 219 g/mol. The Hall–Kier alpha value is -1.71. The Balaban J connectivity index is 2.77. The molecule has 0 aliphatic carbocycles. The van der Waals surface area contributed by atoms with Crippen molar-refractivity contribution in [3.8, 4) is 0 Å². The number of aldehydes is 1. The van der Waals surface area contributed by atoms with Gasteiger partial charge < -0.3 is 4.90 Å². The summed E-state index contributed by atoms with van der Waals surface area (Å²) in [6.07, 6.45) is 5.05. The van der Waals surface area contributed by atoms with E-state index >= 15 is 0 Å². The lowest BCUT2D eigenvalue weighted by molar-refractivity contribution is -0.104. The number of carbonyl (C=O) groups is 1. The molecule has 0 aromatic heterocycles. The van der Waals surface area contributed by atoms with E-state index in [1.165, 1.54) is 0 Å². The summed E-state index contributed by atoms with van der Waals surface area (Å²) in [7, 11) is 0. The minimum absolute atomic E-state index is 0.383. The van der Waals surface area contributed by atoms with Crippen LogP contribution in [-0.4, -0.2) is 36.2 Å². The molecule has 0 aromatic carbocycles. The third kappa shape index (κ3) is 3.66. The Morgan fingerprint density at radius 2 is 2.18 bits per heavy atom. The molecule has 3 nitrogen and oxygen atoms in total. The molecule has 17 heavy (non-hydrogen) atoms. The molecule has 0 radical (unpaired) electrons. The topological polar surface area (TPSA) is 32.7 Å². The van der Waals surface area contributed by atoms with Crippen LogP contribution in [0, 0.1) is 0 Å². The molecule has 92 valence electrons. The number of likely N-dealkylation sites (tertiary alicyclic amines) is 1. The molecule has 1 saturated heterocycles. The number of halogens is 1. The summed E-state index contributed by atoms with van der Waals surface area (Å²) in [5.74, 6) is 0. The number of aliphatic imine (C=N–C) groups is 1. The highest BCUT2D eigenvalue weighted by Gasteiger charge is 2.26. The van der Waals surface area contributed by atoms with Crippen molar-refractivity contribution in [3.05, 3.63) is 36.2 Å². The summed E-state index contributed by atoms with van der Waals surface area (Å²) >= 11 is 0. The first kappa shape index (κ1) is 13.4. The van der Waals surface area contributed by atoms with Crippen molar-refractivity contribution in [2.45, 2.75) is 20.0 Å².